The molecule has 1 heterocycles. The monoisotopic (exact) mass is 561 g/mol. The predicted octanol–water partition coefficient (Wildman–Crippen LogP) is 12.2. The number of para-hydroxylation sites is 2. The third kappa shape index (κ3) is 3.89. The van der Waals surface area contributed by atoms with Crippen molar-refractivity contribution in [3.8, 4) is 11.1 Å². The van der Waals surface area contributed by atoms with Crippen molar-refractivity contribution in [2.75, 3.05) is 4.90 Å². The van der Waals surface area contributed by atoms with E-state index in [1.165, 1.54) is 26.9 Å². The van der Waals surface area contributed by atoms with E-state index in [-0.39, 0.29) is 0 Å². The molecule has 44 heavy (non-hydrogen) atoms. The number of fused-ring (bicyclic) bond motifs is 8. The molecule has 0 aliphatic carbocycles. The molecule has 2 nitrogen and oxygen atoms in total. The molecule has 0 saturated carbocycles. The van der Waals surface area contributed by atoms with E-state index in [0.29, 0.717) is 0 Å². The minimum absolute atomic E-state index is 0.902. The SMILES string of the molecule is c1ccc(N(c2ccc3c(ccc4ccccc43)c2)c2ccccc2-c2ccc3oc4c5ccccc5ccc4c3c2)cc1. The zero-order valence-electron chi connectivity index (χ0n) is 23.9. The van der Waals surface area contributed by atoms with Gasteiger partial charge in [0.25, 0.3) is 0 Å². The summed E-state index contributed by atoms with van der Waals surface area (Å²) in [7, 11) is 0. The number of anilines is 3. The van der Waals surface area contributed by atoms with Crippen LogP contribution in [0.2, 0.25) is 0 Å². The van der Waals surface area contributed by atoms with Crippen molar-refractivity contribution in [3.63, 3.8) is 0 Å². The van der Waals surface area contributed by atoms with Crippen molar-refractivity contribution in [2.24, 2.45) is 0 Å². The van der Waals surface area contributed by atoms with Crippen LogP contribution in [-0.2, 0) is 0 Å². The molecule has 0 aliphatic rings. The summed E-state index contributed by atoms with van der Waals surface area (Å²) in [6.07, 6.45) is 0. The van der Waals surface area contributed by atoms with E-state index in [4.69, 9.17) is 4.42 Å². The summed E-state index contributed by atoms with van der Waals surface area (Å²) in [6.45, 7) is 0. The summed E-state index contributed by atoms with van der Waals surface area (Å²) < 4.78 is 6.43. The van der Waals surface area contributed by atoms with Crippen LogP contribution >= 0.6 is 0 Å². The van der Waals surface area contributed by atoms with E-state index < -0.39 is 0 Å². The largest absolute Gasteiger partial charge is 0.455 e. The van der Waals surface area contributed by atoms with Gasteiger partial charge in [0.05, 0.1) is 5.69 Å². The fourth-order valence-corrected chi connectivity index (χ4v) is 6.73. The lowest BCUT2D eigenvalue weighted by molar-refractivity contribution is 0.672. The average Bonchev–Trinajstić information content (AvgIpc) is 3.47. The maximum absolute atomic E-state index is 6.43. The summed E-state index contributed by atoms with van der Waals surface area (Å²) >= 11 is 0. The molecule has 0 N–H and O–H groups in total. The fraction of sp³-hybridized carbons (Fsp3) is 0. The molecule has 0 unspecified atom stereocenters. The second-order valence-electron chi connectivity index (χ2n) is 11.4. The van der Waals surface area contributed by atoms with Crippen LogP contribution in [0.5, 0.6) is 0 Å². The molecule has 0 radical (unpaired) electrons. The maximum atomic E-state index is 6.43. The summed E-state index contributed by atoms with van der Waals surface area (Å²) in [5.74, 6) is 0. The van der Waals surface area contributed by atoms with Crippen LogP contribution in [0.4, 0.5) is 17.1 Å². The highest BCUT2D eigenvalue weighted by molar-refractivity contribution is 6.16. The first kappa shape index (κ1) is 24.7. The molecular formula is C42H27NO. The second kappa shape index (κ2) is 9.86. The van der Waals surface area contributed by atoms with Crippen LogP contribution in [0.25, 0.3) is 65.4 Å². The molecule has 206 valence electrons. The molecular weight excluding hydrogens is 534 g/mol. The predicted molar refractivity (Wildman–Crippen MR) is 186 cm³/mol. The Labute approximate surface area is 255 Å². The highest BCUT2D eigenvalue weighted by atomic mass is 16.3. The molecule has 2 heteroatoms. The van der Waals surface area contributed by atoms with Gasteiger partial charge < -0.3 is 9.32 Å². The first-order valence-corrected chi connectivity index (χ1v) is 15.0. The zero-order chi connectivity index (χ0) is 29.0. The Morgan fingerprint density at radius 1 is 0.386 bits per heavy atom. The van der Waals surface area contributed by atoms with Crippen LogP contribution in [-0.4, -0.2) is 0 Å². The Kier molecular flexibility index (Phi) is 5.54. The van der Waals surface area contributed by atoms with E-state index in [1.54, 1.807) is 0 Å². The van der Waals surface area contributed by atoms with Crippen molar-refractivity contribution < 1.29 is 4.42 Å². The Hall–Kier alpha value is -5.86. The van der Waals surface area contributed by atoms with E-state index in [2.05, 4.69) is 169 Å². The summed E-state index contributed by atoms with van der Waals surface area (Å²) in [5, 5.41) is 9.61. The molecule has 0 spiro atoms. The highest BCUT2D eigenvalue weighted by Gasteiger charge is 2.19. The Balaban J connectivity index is 1.24. The molecule has 0 atom stereocenters. The van der Waals surface area contributed by atoms with Crippen LogP contribution in [0, 0.1) is 0 Å². The smallest absolute Gasteiger partial charge is 0.143 e. The lowest BCUT2D eigenvalue weighted by Crippen LogP contribution is -2.11. The third-order valence-electron chi connectivity index (χ3n) is 8.82. The summed E-state index contributed by atoms with van der Waals surface area (Å²) in [5.41, 5.74) is 7.51. The van der Waals surface area contributed by atoms with Gasteiger partial charge in [0.15, 0.2) is 0 Å². The van der Waals surface area contributed by atoms with Crippen LogP contribution in [0.15, 0.2) is 168 Å². The van der Waals surface area contributed by atoms with Gasteiger partial charge in [-0.1, -0.05) is 115 Å². The van der Waals surface area contributed by atoms with E-state index >= 15 is 0 Å². The minimum atomic E-state index is 0.902. The highest BCUT2D eigenvalue weighted by Crippen LogP contribution is 2.43. The zero-order valence-corrected chi connectivity index (χ0v) is 23.9. The van der Waals surface area contributed by atoms with Gasteiger partial charge in [-0.25, -0.2) is 0 Å². The van der Waals surface area contributed by atoms with Crippen molar-refractivity contribution >= 4 is 71.3 Å². The number of hydrogen-bond donors (Lipinski definition) is 0. The summed E-state index contributed by atoms with van der Waals surface area (Å²) in [4.78, 5) is 2.37. The number of furan rings is 1. The molecule has 9 aromatic rings. The van der Waals surface area contributed by atoms with Crippen LogP contribution in [0.1, 0.15) is 0 Å². The van der Waals surface area contributed by atoms with Gasteiger partial charge in [-0.3, -0.25) is 0 Å². The van der Waals surface area contributed by atoms with E-state index in [9.17, 15) is 0 Å². The number of rotatable bonds is 4. The lowest BCUT2D eigenvalue weighted by Gasteiger charge is -2.28. The number of nitrogens with zero attached hydrogens (tertiary/aromatic N) is 1. The molecule has 0 bridgehead atoms. The molecule has 9 rings (SSSR count). The van der Waals surface area contributed by atoms with Gasteiger partial charge in [-0.05, 0) is 81.0 Å². The normalized spacial score (nSPS) is 11.6. The second-order valence-corrected chi connectivity index (χ2v) is 11.4. The van der Waals surface area contributed by atoms with Gasteiger partial charge in [-0.15, -0.1) is 0 Å². The van der Waals surface area contributed by atoms with Crippen molar-refractivity contribution in [3.05, 3.63) is 164 Å². The summed E-state index contributed by atoms with van der Waals surface area (Å²) in [6, 6.07) is 58.6. The Bertz CT molecular complexity index is 2510. The average molecular weight is 562 g/mol. The van der Waals surface area contributed by atoms with Gasteiger partial charge in [-0.2, -0.15) is 0 Å². The topological polar surface area (TPSA) is 16.4 Å². The maximum Gasteiger partial charge on any atom is 0.143 e. The van der Waals surface area contributed by atoms with Crippen molar-refractivity contribution in [1.29, 1.82) is 0 Å². The van der Waals surface area contributed by atoms with Gasteiger partial charge in [0.1, 0.15) is 11.2 Å². The first-order valence-electron chi connectivity index (χ1n) is 15.0. The van der Waals surface area contributed by atoms with E-state index in [1.807, 2.05) is 0 Å². The quantitative estimate of drug-likeness (QED) is 0.199. The third-order valence-corrected chi connectivity index (χ3v) is 8.82. The molecule has 1 aromatic heterocycles. The lowest BCUT2D eigenvalue weighted by atomic mass is 9.98. The van der Waals surface area contributed by atoms with Gasteiger partial charge >= 0.3 is 0 Å². The van der Waals surface area contributed by atoms with Gasteiger partial charge in [0, 0.05) is 33.1 Å². The Morgan fingerprint density at radius 2 is 1.05 bits per heavy atom. The van der Waals surface area contributed by atoms with Crippen molar-refractivity contribution in [2.45, 2.75) is 0 Å². The molecule has 0 amide bonds. The molecule has 0 saturated heterocycles. The molecule has 0 fully saturated rings. The fourth-order valence-electron chi connectivity index (χ4n) is 6.73. The molecule has 8 aromatic carbocycles. The van der Waals surface area contributed by atoms with Crippen molar-refractivity contribution in [1.82, 2.24) is 0 Å². The minimum Gasteiger partial charge on any atom is -0.455 e. The molecule has 0 aliphatic heterocycles. The first-order chi connectivity index (χ1) is 21.8. The number of benzene rings is 8. The standard InChI is InChI=1S/C42H27NO/c1-2-12-32(13-3-1)43(33-22-24-35-30(26-33)19-18-28-10-4-6-14-34(28)35)40-17-9-8-15-36(40)31-21-25-41-39(27-31)38-23-20-29-11-5-7-16-37(29)42(38)44-41/h1-27H. The Morgan fingerprint density at radius 3 is 1.93 bits per heavy atom. The number of hydrogen-bond acceptors (Lipinski definition) is 2. The van der Waals surface area contributed by atoms with Gasteiger partial charge in [0.2, 0.25) is 0 Å². The van der Waals surface area contributed by atoms with E-state index in [0.717, 1.165) is 55.5 Å². The van der Waals surface area contributed by atoms with Crippen LogP contribution in [0.3, 0.4) is 0 Å². The van der Waals surface area contributed by atoms with Crippen LogP contribution < -0.4 is 4.90 Å².